The number of carbonyl (C=O) groups excluding carboxylic acids is 3. The van der Waals surface area contributed by atoms with E-state index in [4.69, 9.17) is 14.5 Å². The lowest BCUT2D eigenvalue weighted by Gasteiger charge is -2.29. The zero-order chi connectivity index (χ0) is 38.1. The zero-order valence-corrected chi connectivity index (χ0v) is 33.4. The molecule has 2 aromatic heterocycles. The Hall–Kier alpha value is -4.10. The normalized spacial score (nSPS) is 15.0. The molecule has 3 amide bonds. The van der Waals surface area contributed by atoms with Crippen molar-refractivity contribution in [2.75, 3.05) is 39.9 Å². The standard InChI is InChI=1S/C42H55N5O5S2/c1-31(2)40-43-36(30-54-40)28-46(3)41(49)45-38(18-19-47-20-22-51-23-21-47)39(48)27-34(25-32-11-6-4-7-12-32)16-17-35(26-33-13-8-5-9-14-33)44-42(50)52-29-37-15-10-24-53-37/h4-15,24,30-31,34-35,38H,16-23,25-29H2,1-3H3,(H,44,50)(H,45,49). The molecule has 0 bridgehead atoms. The number of rotatable bonds is 20. The molecule has 1 saturated heterocycles. The van der Waals surface area contributed by atoms with Crippen molar-refractivity contribution in [2.24, 2.45) is 5.92 Å². The van der Waals surface area contributed by atoms with Gasteiger partial charge in [0.15, 0.2) is 5.78 Å². The van der Waals surface area contributed by atoms with Crippen molar-refractivity contribution >= 4 is 40.6 Å². The fraction of sp³-hybridized carbons (Fsp3) is 0.476. The molecule has 3 atom stereocenters. The number of ether oxygens (including phenoxy) is 2. The first-order valence-corrected chi connectivity index (χ1v) is 20.8. The smallest absolute Gasteiger partial charge is 0.407 e. The average Bonchev–Trinajstić information content (AvgIpc) is 3.89. The van der Waals surface area contributed by atoms with E-state index in [2.05, 4.69) is 53.6 Å². The molecule has 1 aliphatic rings. The molecule has 12 heteroatoms. The molecule has 1 aliphatic heterocycles. The van der Waals surface area contributed by atoms with E-state index < -0.39 is 12.1 Å². The summed E-state index contributed by atoms with van der Waals surface area (Å²) in [6, 6.07) is 23.1. The van der Waals surface area contributed by atoms with E-state index in [0.717, 1.165) is 39.8 Å². The summed E-state index contributed by atoms with van der Waals surface area (Å²) >= 11 is 3.16. The molecular weight excluding hydrogens is 719 g/mol. The third kappa shape index (κ3) is 14.0. The lowest BCUT2D eigenvalue weighted by Crippen LogP contribution is -2.49. The van der Waals surface area contributed by atoms with Crippen LogP contribution in [0.2, 0.25) is 0 Å². The Balaban J connectivity index is 1.28. The molecule has 3 unspecified atom stereocenters. The number of ketones is 1. The summed E-state index contributed by atoms with van der Waals surface area (Å²) in [7, 11) is 1.75. The number of Topliss-reactive ketones (excluding diaryl/α,β-unsaturated/α-hetero) is 1. The number of carbonyl (C=O) groups is 3. The number of thiophene rings is 1. The molecule has 1 fully saturated rings. The third-order valence-electron chi connectivity index (χ3n) is 9.69. The Morgan fingerprint density at radius 2 is 1.59 bits per heavy atom. The minimum Gasteiger partial charge on any atom is -0.444 e. The summed E-state index contributed by atoms with van der Waals surface area (Å²) in [6.07, 6.45) is 3.08. The highest BCUT2D eigenvalue weighted by Gasteiger charge is 2.28. The second-order valence-corrected chi connectivity index (χ2v) is 16.3. The van der Waals surface area contributed by atoms with Gasteiger partial charge in [-0.2, -0.15) is 0 Å². The first-order valence-electron chi connectivity index (χ1n) is 19.0. The lowest BCUT2D eigenvalue weighted by molar-refractivity contribution is -0.122. The van der Waals surface area contributed by atoms with Gasteiger partial charge in [0, 0.05) is 55.3 Å². The zero-order valence-electron chi connectivity index (χ0n) is 31.8. The quantitative estimate of drug-likeness (QED) is 0.0947. The van der Waals surface area contributed by atoms with E-state index in [1.807, 2.05) is 59.3 Å². The van der Waals surface area contributed by atoms with E-state index in [-0.39, 0.29) is 30.4 Å². The van der Waals surface area contributed by atoms with Gasteiger partial charge in [0.2, 0.25) is 0 Å². The number of amides is 3. The van der Waals surface area contributed by atoms with Gasteiger partial charge < -0.3 is 25.0 Å². The van der Waals surface area contributed by atoms with Crippen LogP contribution >= 0.6 is 22.7 Å². The molecule has 2 N–H and O–H groups in total. The summed E-state index contributed by atoms with van der Waals surface area (Å²) in [5.41, 5.74) is 3.11. The number of urea groups is 1. The number of morpholine rings is 1. The summed E-state index contributed by atoms with van der Waals surface area (Å²) in [4.78, 5) is 50.5. The van der Waals surface area contributed by atoms with Gasteiger partial charge in [-0.05, 0) is 60.6 Å². The second kappa shape index (κ2) is 21.7. The van der Waals surface area contributed by atoms with Crippen molar-refractivity contribution in [3.63, 3.8) is 0 Å². The molecule has 10 nitrogen and oxygen atoms in total. The number of thiazole rings is 1. The molecular formula is C42H55N5O5S2. The van der Waals surface area contributed by atoms with E-state index >= 15 is 0 Å². The maximum Gasteiger partial charge on any atom is 0.407 e. The fourth-order valence-electron chi connectivity index (χ4n) is 6.64. The van der Waals surface area contributed by atoms with Gasteiger partial charge in [-0.25, -0.2) is 14.6 Å². The van der Waals surface area contributed by atoms with Gasteiger partial charge in [-0.3, -0.25) is 9.69 Å². The highest BCUT2D eigenvalue weighted by atomic mass is 32.1. The van der Waals surface area contributed by atoms with E-state index in [0.29, 0.717) is 70.7 Å². The number of nitrogens with zero attached hydrogens (tertiary/aromatic N) is 3. The largest absolute Gasteiger partial charge is 0.444 e. The number of hydrogen-bond donors (Lipinski definition) is 2. The van der Waals surface area contributed by atoms with Crippen LogP contribution in [-0.4, -0.2) is 84.7 Å². The molecule has 0 saturated carbocycles. The Kier molecular flexibility index (Phi) is 16.5. The molecule has 0 aliphatic carbocycles. The van der Waals surface area contributed by atoms with Crippen molar-refractivity contribution < 1.29 is 23.9 Å². The van der Waals surface area contributed by atoms with Crippen LogP contribution in [0.1, 0.15) is 72.2 Å². The third-order valence-corrected chi connectivity index (χ3v) is 11.7. The monoisotopic (exact) mass is 773 g/mol. The average molecular weight is 774 g/mol. The van der Waals surface area contributed by atoms with Crippen LogP contribution in [0, 0.1) is 5.92 Å². The maximum atomic E-state index is 14.3. The van der Waals surface area contributed by atoms with Gasteiger partial charge >= 0.3 is 12.1 Å². The summed E-state index contributed by atoms with van der Waals surface area (Å²) in [5.74, 6) is 0.334. The molecule has 4 aromatic rings. The Morgan fingerprint density at radius 3 is 2.24 bits per heavy atom. The van der Waals surface area contributed by atoms with Crippen LogP contribution in [0.15, 0.2) is 83.6 Å². The van der Waals surface area contributed by atoms with E-state index in [1.54, 1.807) is 34.6 Å². The minimum atomic E-state index is -0.645. The fourth-order valence-corrected chi connectivity index (χ4v) is 8.08. The van der Waals surface area contributed by atoms with Crippen LogP contribution in [0.4, 0.5) is 9.59 Å². The van der Waals surface area contributed by atoms with Crippen LogP contribution in [0.5, 0.6) is 0 Å². The van der Waals surface area contributed by atoms with Crippen molar-refractivity contribution in [3.8, 4) is 0 Å². The predicted molar refractivity (Wildman–Crippen MR) is 216 cm³/mol. The first-order chi connectivity index (χ1) is 26.2. The van der Waals surface area contributed by atoms with Crippen LogP contribution in [-0.2, 0) is 40.3 Å². The number of aromatic nitrogens is 1. The SMILES string of the molecule is CC(C)c1nc(CN(C)C(=O)NC(CCN2CCOCC2)C(=O)CC(CCC(Cc2ccccc2)NC(=O)OCc2cccs2)Cc2ccccc2)cs1. The van der Waals surface area contributed by atoms with Crippen LogP contribution in [0.25, 0.3) is 0 Å². The van der Waals surface area contributed by atoms with Gasteiger partial charge in [-0.15, -0.1) is 22.7 Å². The van der Waals surface area contributed by atoms with Gasteiger partial charge in [-0.1, -0.05) is 80.6 Å². The summed E-state index contributed by atoms with van der Waals surface area (Å²) in [6.45, 7) is 8.43. The first kappa shape index (κ1) is 41.1. The van der Waals surface area contributed by atoms with Gasteiger partial charge in [0.1, 0.15) is 6.61 Å². The Bertz CT molecular complexity index is 1700. The minimum absolute atomic E-state index is 0.00732. The molecule has 0 radical (unpaired) electrons. The molecule has 5 rings (SSSR count). The van der Waals surface area contributed by atoms with E-state index in [1.165, 1.54) is 0 Å². The molecule has 3 heterocycles. The van der Waals surface area contributed by atoms with E-state index in [9.17, 15) is 14.4 Å². The van der Waals surface area contributed by atoms with Crippen LogP contribution < -0.4 is 10.6 Å². The number of benzene rings is 2. The molecule has 290 valence electrons. The molecule has 0 spiro atoms. The highest BCUT2D eigenvalue weighted by molar-refractivity contribution is 7.10. The summed E-state index contributed by atoms with van der Waals surface area (Å²) < 4.78 is 11.1. The molecule has 2 aromatic carbocycles. The van der Waals surface area contributed by atoms with Crippen molar-refractivity contribution in [1.82, 2.24) is 25.4 Å². The summed E-state index contributed by atoms with van der Waals surface area (Å²) in [5, 5.41) is 11.2. The highest BCUT2D eigenvalue weighted by Crippen LogP contribution is 2.23. The second-order valence-electron chi connectivity index (χ2n) is 14.4. The van der Waals surface area contributed by atoms with Crippen LogP contribution in [0.3, 0.4) is 0 Å². The topological polar surface area (TPSA) is 113 Å². The molecule has 54 heavy (non-hydrogen) atoms. The Labute approximate surface area is 328 Å². The number of nitrogens with one attached hydrogen (secondary N) is 2. The number of alkyl carbamates (subject to hydrolysis) is 1. The Morgan fingerprint density at radius 1 is 0.889 bits per heavy atom. The van der Waals surface area contributed by atoms with Gasteiger partial charge in [0.25, 0.3) is 0 Å². The van der Waals surface area contributed by atoms with Crippen molar-refractivity contribution in [3.05, 3.63) is 110 Å². The number of hydrogen-bond acceptors (Lipinski definition) is 9. The van der Waals surface area contributed by atoms with Crippen molar-refractivity contribution in [2.45, 2.75) is 83.5 Å². The predicted octanol–water partition coefficient (Wildman–Crippen LogP) is 7.70. The van der Waals surface area contributed by atoms with Gasteiger partial charge in [0.05, 0.1) is 36.5 Å². The lowest BCUT2D eigenvalue weighted by atomic mass is 9.86. The maximum absolute atomic E-state index is 14.3. The van der Waals surface area contributed by atoms with Crippen molar-refractivity contribution in [1.29, 1.82) is 0 Å².